The smallest absolute Gasteiger partial charge is 0.143 e. The number of rotatable bonds is 3. The van der Waals surface area contributed by atoms with Gasteiger partial charge in [-0.3, -0.25) is 5.41 Å². The van der Waals surface area contributed by atoms with Crippen LogP contribution in [0.3, 0.4) is 0 Å². The van der Waals surface area contributed by atoms with E-state index < -0.39 is 0 Å². The van der Waals surface area contributed by atoms with Crippen molar-refractivity contribution in [2.45, 2.75) is 34.2 Å². The van der Waals surface area contributed by atoms with E-state index in [0.717, 1.165) is 0 Å². The minimum atomic E-state index is -0.313. The van der Waals surface area contributed by atoms with Crippen LogP contribution in [0.5, 0.6) is 0 Å². The Bertz CT molecular complexity index is 628. The molecule has 0 fully saturated rings. The predicted octanol–water partition coefficient (Wildman–Crippen LogP) is 3.55. The summed E-state index contributed by atoms with van der Waals surface area (Å²) < 4.78 is 14.8. The van der Waals surface area contributed by atoms with Crippen molar-refractivity contribution in [2.75, 3.05) is 5.73 Å². The van der Waals surface area contributed by atoms with Crippen LogP contribution in [0.25, 0.3) is 0 Å². The first-order chi connectivity index (χ1) is 11.0. The van der Waals surface area contributed by atoms with E-state index in [1.165, 1.54) is 16.8 Å². The summed E-state index contributed by atoms with van der Waals surface area (Å²) >= 11 is 0. The van der Waals surface area contributed by atoms with Gasteiger partial charge in [-0.1, -0.05) is 44.2 Å². The maximum Gasteiger partial charge on any atom is 0.143 e. The molecule has 0 amide bonds. The van der Waals surface area contributed by atoms with Gasteiger partial charge in [0.1, 0.15) is 23.2 Å². The third-order valence-electron chi connectivity index (χ3n) is 2.70. The molecule has 1 aromatic carbocycles. The number of benzene rings is 1. The third-order valence-corrected chi connectivity index (χ3v) is 2.70. The Morgan fingerprint density at radius 2 is 1.83 bits per heavy atom. The highest BCUT2D eigenvalue weighted by Crippen LogP contribution is 2.12. The highest BCUT2D eigenvalue weighted by Gasteiger charge is 2.09. The zero-order chi connectivity index (χ0) is 17.8. The Labute approximate surface area is 137 Å². The molecule has 5 N–H and O–H groups in total. The quantitative estimate of drug-likeness (QED) is 0.459. The third kappa shape index (κ3) is 6.78. The monoisotopic (exact) mass is 319 g/mol. The maximum absolute atomic E-state index is 13.4. The van der Waals surface area contributed by atoms with Crippen LogP contribution >= 0.6 is 0 Å². The lowest BCUT2D eigenvalue weighted by Gasteiger charge is -2.04. The van der Waals surface area contributed by atoms with Gasteiger partial charge in [0.2, 0.25) is 0 Å². The number of nitrogens with two attached hydrogens (primary N) is 2. The fraction of sp³-hybridized carbons (Fsp3) is 0.294. The first-order valence-corrected chi connectivity index (χ1v) is 7.48. The fourth-order valence-electron chi connectivity index (χ4n) is 1.48. The molecule has 1 heterocycles. The van der Waals surface area contributed by atoms with Gasteiger partial charge in [0.05, 0.1) is 6.54 Å². The first-order valence-electron chi connectivity index (χ1n) is 7.48. The molecular formula is C17H26FN5. The average molecular weight is 319 g/mol. The molecule has 23 heavy (non-hydrogen) atoms. The van der Waals surface area contributed by atoms with Gasteiger partial charge in [0.25, 0.3) is 0 Å². The van der Waals surface area contributed by atoms with E-state index in [1.54, 1.807) is 18.2 Å². The maximum atomic E-state index is 13.4. The number of anilines is 1. The zero-order valence-corrected chi connectivity index (χ0v) is 14.2. The molecule has 2 aromatic rings. The number of nitrogens with zero attached hydrogens (tertiary/aromatic N) is 2. The number of halogens is 1. The second-order valence-corrected chi connectivity index (χ2v) is 4.28. The summed E-state index contributed by atoms with van der Waals surface area (Å²) in [6, 6.07) is 7.88. The van der Waals surface area contributed by atoms with Crippen molar-refractivity contribution >= 4 is 11.7 Å². The Hall–Kier alpha value is -2.63. The van der Waals surface area contributed by atoms with Gasteiger partial charge >= 0.3 is 0 Å². The molecule has 0 aliphatic rings. The normalized spacial score (nSPS) is 9.61. The van der Waals surface area contributed by atoms with Crippen molar-refractivity contribution in [3.8, 4) is 0 Å². The molecular weight excluding hydrogens is 293 g/mol. The summed E-state index contributed by atoms with van der Waals surface area (Å²) in [7, 11) is 0. The standard InChI is InChI=1S/C11H12FN5.C4H8.C2H6/c12-8-4-2-1-3-7(8)6-17-10(13)5-9(16-17)11(14)15;1-3-4-2;1-2/h1-5H,6,13H2,(H3,14,15);3-4H,1-2H3;1-2H3/b;4-3-;. The van der Waals surface area contributed by atoms with Crippen LogP contribution in [0.1, 0.15) is 39.0 Å². The SMILES string of the molecule is C/C=C\C.CC.N=C(N)c1cc(N)n(Cc2ccccc2F)n1. The van der Waals surface area contributed by atoms with Crippen molar-refractivity contribution in [2.24, 2.45) is 5.73 Å². The first kappa shape index (κ1) is 20.4. The van der Waals surface area contributed by atoms with Gasteiger partial charge in [0, 0.05) is 11.6 Å². The highest BCUT2D eigenvalue weighted by molar-refractivity contribution is 5.93. The van der Waals surface area contributed by atoms with E-state index in [4.69, 9.17) is 16.9 Å². The van der Waals surface area contributed by atoms with Gasteiger partial charge in [-0.05, 0) is 19.9 Å². The minimum absolute atomic E-state index is 0.163. The largest absolute Gasteiger partial charge is 0.384 e. The van der Waals surface area contributed by atoms with Crippen LogP contribution in [-0.2, 0) is 6.54 Å². The molecule has 5 nitrogen and oxygen atoms in total. The number of aromatic nitrogens is 2. The zero-order valence-electron chi connectivity index (χ0n) is 14.2. The van der Waals surface area contributed by atoms with Gasteiger partial charge < -0.3 is 11.5 Å². The summed E-state index contributed by atoms with van der Waals surface area (Å²) in [4.78, 5) is 0. The van der Waals surface area contributed by atoms with Crippen LogP contribution in [0, 0.1) is 11.2 Å². The molecule has 0 aliphatic carbocycles. The molecule has 0 aliphatic heterocycles. The van der Waals surface area contributed by atoms with Crippen LogP contribution in [-0.4, -0.2) is 15.6 Å². The lowest BCUT2D eigenvalue weighted by atomic mass is 10.2. The topological polar surface area (TPSA) is 93.7 Å². The number of hydrogen-bond donors (Lipinski definition) is 3. The summed E-state index contributed by atoms with van der Waals surface area (Å²) in [5, 5.41) is 11.3. The molecule has 0 spiro atoms. The van der Waals surface area contributed by atoms with E-state index in [1.807, 2.05) is 39.8 Å². The fourth-order valence-corrected chi connectivity index (χ4v) is 1.48. The van der Waals surface area contributed by atoms with E-state index in [2.05, 4.69) is 5.10 Å². The highest BCUT2D eigenvalue weighted by atomic mass is 19.1. The number of allylic oxidation sites excluding steroid dienone is 2. The molecule has 0 saturated heterocycles. The van der Waals surface area contributed by atoms with Crippen LogP contribution in [0.15, 0.2) is 42.5 Å². The molecule has 0 radical (unpaired) electrons. The second kappa shape index (κ2) is 11.0. The van der Waals surface area contributed by atoms with Gasteiger partial charge in [-0.2, -0.15) is 5.10 Å². The van der Waals surface area contributed by atoms with E-state index in [9.17, 15) is 4.39 Å². The molecule has 0 unspecified atom stereocenters. The molecule has 0 atom stereocenters. The Morgan fingerprint density at radius 3 is 2.26 bits per heavy atom. The second-order valence-electron chi connectivity index (χ2n) is 4.28. The van der Waals surface area contributed by atoms with Crippen molar-refractivity contribution in [3.05, 3.63) is 59.6 Å². The molecule has 6 heteroatoms. The Kier molecular flexibility index (Phi) is 9.75. The molecule has 0 saturated carbocycles. The number of nitrogen functional groups attached to an aromatic ring is 2. The number of hydrogen-bond acceptors (Lipinski definition) is 3. The summed E-state index contributed by atoms with van der Waals surface area (Å²) in [6.45, 7) is 8.21. The Balaban J connectivity index is 0.000000705. The predicted molar refractivity (Wildman–Crippen MR) is 95.0 cm³/mol. The lowest BCUT2D eigenvalue weighted by Crippen LogP contribution is -2.13. The van der Waals surface area contributed by atoms with Crippen molar-refractivity contribution in [3.63, 3.8) is 0 Å². The number of nitrogens with one attached hydrogen (secondary N) is 1. The summed E-state index contributed by atoms with van der Waals surface area (Å²) in [6.07, 6.45) is 4.00. The van der Waals surface area contributed by atoms with Crippen molar-refractivity contribution in [1.29, 1.82) is 5.41 Å². The Morgan fingerprint density at radius 1 is 1.26 bits per heavy atom. The molecule has 126 valence electrons. The molecule has 1 aromatic heterocycles. The lowest BCUT2D eigenvalue weighted by molar-refractivity contribution is 0.587. The molecule has 2 rings (SSSR count). The van der Waals surface area contributed by atoms with Crippen LogP contribution in [0.4, 0.5) is 10.2 Å². The summed E-state index contributed by atoms with van der Waals surface area (Å²) in [5.41, 5.74) is 11.8. The van der Waals surface area contributed by atoms with E-state index >= 15 is 0 Å². The molecule has 0 bridgehead atoms. The minimum Gasteiger partial charge on any atom is -0.384 e. The van der Waals surface area contributed by atoms with E-state index in [0.29, 0.717) is 17.1 Å². The van der Waals surface area contributed by atoms with Crippen molar-refractivity contribution in [1.82, 2.24) is 9.78 Å². The van der Waals surface area contributed by atoms with E-state index in [-0.39, 0.29) is 18.2 Å². The van der Waals surface area contributed by atoms with Crippen molar-refractivity contribution < 1.29 is 4.39 Å². The summed E-state index contributed by atoms with van der Waals surface area (Å²) in [5.74, 6) is -0.130. The van der Waals surface area contributed by atoms with Gasteiger partial charge in [-0.15, -0.1) is 0 Å². The van der Waals surface area contributed by atoms with Crippen LogP contribution in [0.2, 0.25) is 0 Å². The van der Waals surface area contributed by atoms with Gasteiger partial charge in [0.15, 0.2) is 0 Å². The average Bonchev–Trinajstić information content (AvgIpc) is 2.93. The van der Waals surface area contributed by atoms with Crippen LogP contribution < -0.4 is 11.5 Å². The number of amidine groups is 1. The van der Waals surface area contributed by atoms with Gasteiger partial charge in [-0.25, -0.2) is 9.07 Å².